The van der Waals surface area contributed by atoms with Crippen molar-refractivity contribution in [3.8, 4) is 11.5 Å². The van der Waals surface area contributed by atoms with Crippen LogP contribution in [-0.2, 0) is 19.6 Å². The molecule has 0 saturated heterocycles. The molecule has 0 aliphatic carbocycles. The number of carbonyl (C=O) groups is 2. The highest BCUT2D eigenvalue weighted by Crippen LogP contribution is 2.32. The van der Waals surface area contributed by atoms with Gasteiger partial charge in [0.1, 0.15) is 0 Å². The number of rotatable bonds is 8. The molecule has 0 saturated carbocycles. The molecular formula is C22H26N2O7S. The Bertz CT molecular complexity index is 1070. The summed E-state index contributed by atoms with van der Waals surface area (Å²) < 4.78 is 44.0. The molecule has 32 heavy (non-hydrogen) atoms. The lowest BCUT2D eigenvalue weighted by molar-refractivity contribution is -0.147. The maximum atomic E-state index is 12.7. The third kappa shape index (κ3) is 6.36. The van der Waals surface area contributed by atoms with Crippen LogP contribution in [0.15, 0.2) is 47.4 Å². The van der Waals surface area contributed by atoms with Crippen LogP contribution in [0.1, 0.15) is 37.0 Å². The average Bonchev–Trinajstić information content (AvgIpc) is 2.98. The molecular weight excluding hydrogens is 436 g/mol. The maximum Gasteiger partial charge on any atom is 0.307 e. The van der Waals surface area contributed by atoms with Crippen molar-refractivity contribution in [1.82, 2.24) is 5.32 Å². The third-order valence-corrected chi connectivity index (χ3v) is 5.79. The van der Waals surface area contributed by atoms with E-state index in [2.05, 4.69) is 10.0 Å². The van der Waals surface area contributed by atoms with Crippen LogP contribution in [-0.4, -0.2) is 46.2 Å². The van der Waals surface area contributed by atoms with Crippen LogP contribution in [0, 0.1) is 0 Å². The largest absolute Gasteiger partial charge is 0.490 e. The summed E-state index contributed by atoms with van der Waals surface area (Å²) in [6.07, 6.45) is 0.579. The van der Waals surface area contributed by atoms with Gasteiger partial charge in [-0.25, -0.2) is 8.42 Å². The molecule has 3 rings (SSSR count). The number of benzene rings is 2. The van der Waals surface area contributed by atoms with Gasteiger partial charge in [0, 0.05) is 30.3 Å². The predicted octanol–water partition coefficient (Wildman–Crippen LogP) is 2.72. The zero-order valence-corrected chi connectivity index (χ0v) is 18.7. The number of ether oxygens (including phenoxy) is 3. The van der Waals surface area contributed by atoms with Crippen LogP contribution < -0.4 is 19.5 Å². The van der Waals surface area contributed by atoms with E-state index < -0.39 is 10.0 Å². The van der Waals surface area contributed by atoms with E-state index in [1.165, 1.54) is 36.4 Å². The van der Waals surface area contributed by atoms with E-state index in [-0.39, 0.29) is 35.8 Å². The van der Waals surface area contributed by atoms with Crippen molar-refractivity contribution in [2.45, 2.75) is 37.7 Å². The van der Waals surface area contributed by atoms with E-state index in [1.807, 2.05) is 0 Å². The number of hydrogen-bond donors (Lipinski definition) is 2. The molecule has 9 nitrogen and oxygen atoms in total. The van der Waals surface area contributed by atoms with Crippen molar-refractivity contribution in [3.63, 3.8) is 0 Å². The number of amides is 1. The van der Waals surface area contributed by atoms with Gasteiger partial charge in [0.25, 0.3) is 15.9 Å². The molecule has 1 amide bonds. The number of sulfonamides is 1. The first-order valence-electron chi connectivity index (χ1n) is 10.2. The summed E-state index contributed by atoms with van der Waals surface area (Å²) in [5, 5.41) is 2.63. The molecule has 2 aromatic rings. The van der Waals surface area contributed by atoms with E-state index in [1.54, 1.807) is 19.9 Å². The highest BCUT2D eigenvalue weighted by atomic mass is 32.2. The first-order valence-corrected chi connectivity index (χ1v) is 11.7. The fourth-order valence-corrected chi connectivity index (χ4v) is 3.99. The number of anilines is 1. The van der Waals surface area contributed by atoms with Gasteiger partial charge in [0.15, 0.2) is 11.5 Å². The van der Waals surface area contributed by atoms with Gasteiger partial charge in [0.05, 0.1) is 30.6 Å². The van der Waals surface area contributed by atoms with E-state index in [0.717, 1.165) is 6.42 Å². The van der Waals surface area contributed by atoms with Crippen LogP contribution in [0.4, 0.5) is 5.69 Å². The van der Waals surface area contributed by atoms with Crippen LogP contribution in [0.25, 0.3) is 0 Å². The van der Waals surface area contributed by atoms with Crippen molar-refractivity contribution >= 4 is 27.6 Å². The van der Waals surface area contributed by atoms with Gasteiger partial charge in [-0.05, 0) is 50.2 Å². The zero-order valence-electron chi connectivity index (χ0n) is 17.9. The van der Waals surface area contributed by atoms with Crippen molar-refractivity contribution < 1.29 is 32.2 Å². The number of hydrogen-bond acceptors (Lipinski definition) is 7. The molecule has 0 spiro atoms. The van der Waals surface area contributed by atoms with Crippen molar-refractivity contribution in [1.29, 1.82) is 0 Å². The Kier molecular flexibility index (Phi) is 7.57. The fourth-order valence-electron chi connectivity index (χ4n) is 2.92. The number of fused-ring (bicyclic) bond motifs is 1. The minimum absolute atomic E-state index is 0.0388. The summed E-state index contributed by atoms with van der Waals surface area (Å²) in [7, 11) is -3.86. The van der Waals surface area contributed by atoms with Crippen molar-refractivity contribution in [3.05, 3.63) is 48.0 Å². The third-order valence-electron chi connectivity index (χ3n) is 4.41. The molecule has 0 radical (unpaired) electrons. The molecule has 0 unspecified atom stereocenters. The molecule has 2 N–H and O–H groups in total. The molecule has 0 bridgehead atoms. The van der Waals surface area contributed by atoms with Crippen LogP contribution in [0.3, 0.4) is 0 Å². The second kappa shape index (κ2) is 10.4. The van der Waals surface area contributed by atoms with Gasteiger partial charge in [-0.3, -0.25) is 14.3 Å². The summed E-state index contributed by atoms with van der Waals surface area (Å²) in [6.45, 7) is 4.61. The SMILES string of the molecule is CC(C)OC(=O)CCNC(=O)c1ccc(NS(=O)(=O)c2ccc3c(c2)OCCCO3)cc1. The first-order chi connectivity index (χ1) is 15.2. The minimum atomic E-state index is -3.86. The monoisotopic (exact) mass is 462 g/mol. The lowest BCUT2D eigenvalue weighted by atomic mass is 10.2. The van der Waals surface area contributed by atoms with Crippen LogP contribution in [0.5, 0.6) is 11.5 Å². The highest BCUT2D eigenvalue weighted by Gasteiger charge is 2.19. The Balaban J connectivity index is 1.59. The van der Waals surface area contributed by atoms with Crippen molar-refractivity contribution in [2.24, 2.45) is 0 Å². The lowest BCUT2D eigenvalue weighted by Gasteiger charge is -2.12. The topological polar surface area (TPSA) is 120 Å². The molecule has 1 aliphatic heterocycles. The van der Waals surface area contributed by atoms with Gasteiger partial charge in [-0.2, -0.15) is 0 Å². The van der Waals surface area contributed by atoms with E-state index in [4.69, 9.17) is 14.2 Å². The Labute approximate surface area is 187 Å². The lowest BCUT2D eigenvalue weighted by Crippen LogP contribution is -2.27. The molecule has 172 valence electrons. The molecule has 0 aromatic heterocycles. The fraction of sp³-hybridized carbons (Fsp3) is 0.364. The van der Waals surface area contributed by atoms with E-state index in [0.29, 0.717) is 36.0 Å². The average molecular weight is 463 g/mol. The summed E-state index contributed by atoms with van der Waals surface area (Å²) in [4.78, 5) is 23.8. The Morgan fingerprint density at radius 1 is 1.03 bits per heavy atom. The summed E-state index contributed by atoms with van der Waals surface area (Å²) in [5.41, 5.74) is 0.634. The minimum Gasteiger partial charge on any atom is -0.490 e. The molecule has 2 aromatic carbocycles. The Morgan fingerprint density at radius 2 is 1.72 bits per heavy atom. The molecule has 1 heterocycles. The molecule has 0 atom stereocenters. The van der Waals surface area contributed by atoms with Gasteiger partial charge in [-0.1, -0.05) is 0 Å². The van der Waals surface area contributed by atoms with Gasteiger partial charge >= 0.3 is 5.97 Å². The highest BCUT2D eigenvalue weighted by molar-refractivity contribution is 7.92. The summed E-state index contributed by atoms with van der Waals surface area (Å²) >= 11 is 0. The summed E-state index contributed by atoms with van der Waals surface area (Å²) in [6, 6.07) is 10.4. The quantitative estimate of drug-likeness (QED) is 0.579. The van der Waals surface area contributed by atoms with Gasteiger partial charge in [0.2, 0.25) is 0 Å². The number of carbonyl (C=O) groups excluding carboxylic acids is 2. The Hall–Kier alpha value is -3.27. The standard InChI is InChI=1S/C22H26N2O7S/c1-15(2)31-21(25)10-11-23-22(26)16-4-6-17(7-5-16)24-32(27,28)18-8-9-19-20(14-18)30-13-3-12-29-19/h4-9,14-15,24H,3,10-13H2,1-2H3,(H,23,26). The Morgan fingerprint density at radius 3 is 2.41 bits per heavy atom. The molecule has 0 fully saturated rings. The molecule has 1 aliphatic rings. The van der Waals surface area contributed by atoms with Crippen molar-refractivity contribution in [2.75, 3.05) is 24.5 Å². The summed E-state index contributed by atoms with van der Waals surface area (Å²) in [5.74, 6) is 0.128. The number of nitrogens with one attached hydrogen (secondary N) is 2. The second-order valence-electron chi connectivity index (χ2n) is 7.39. The predicted molar refractivity (Wildman–Crippen MR) is 117 cm³/mol. The maximum absolute atomic E-state index is 12.7. The zero-order chi connectivity index (χ0) is 23.1. The van der Waals surface area contributed by atoms with Crippen LogP contribution in [0.2, 0.25) is 0 Å². The number of esters is 1. The van der Waals surface area contributed by atoms with Gasteiger partial charge < -0.3 is 19.5 Å². The smallest absolute Gasteiger partial charge is 0.307 e. The van der Waals surface area contributed by atoms with Gasteiger partial charge in [-0.15, -0.1) is 0 Å². The normalized spacial score (nSPS) is 13.2. The second-order valence-corrected chi connectivity index (χ2v) is 9.07. The first kappa shape index (κ1) is 23.4. The van der Waals surface area contributed by atoms with E-state index >= 15 is 0 Å². The van der Waals surface area contributed by atoms with E-state index in [9.17, 15) is 18.0 Å². The van der Waals surface area contributed by atoms with Crippen LogP contribution >= 0.6 is 0 Å². The molecule has 10 heteroatoms.